The molecule has 0 aliphatic heterocycles. The van der Waals surface area contributed by atoms with E-state index >= 15 is 0 Å². The number of rotatable bonds is 11. The molecule has 9 heteroatoms. The van der Waals surface area contributed by atoms with Crippen molar-refractivity contribution in [1.82, 2.24) is 10.2 Å². The zero-order valence-electron chi connectivity index (χ0n) is 24.2. The first kappa shape index (κ1) is 30.1. The highest BCUT2D eigenvalue weighted by Crippen LogP contribution is 2.34. The van der Waals surface area contributed by atoms with Gasteiger partial charge in [0, 0.05) is 12.6 Å². The van der Waals surface area contributed by atoms with Gasteiger partial charge in [-0.2, -0.15) is 0 Å². The highest BCUT2D eigenvalue weighted by Gasteiger charge is 2.34. The summed E-state index contributed by atoms with van der Waals surface area (Å²) in [6.07, 6.45) is 3.97. The molecule has 0 heterocycles. The highest BCUT2D eigenvalue weighted by atomic mass is 32.2. The second kappa shape index (κ2) is 13.2. The van der Waals surface area contributed by atoms with Crippen LogP contribution in [-0.2, 0) is 26.2 Å². The summed E-state index contributed by atoms with van der Waals surface area (Å²) in [5, 5.41) is 3.09. The van der Waals surface area contributed by atoms with Crippen LogP contribution in [0.3, 0.4) is 0 Å². The largest absolute Gasteiger partial charge is 0.495 e. The van der Waals surface area contributed by atoms with Gasteiger partial charge in [-0.05, 0) is 69.0 Å². The molecule has 3 aromatic rings. The van der Waals surface area contributed by atoms with Gasteiger partial charge in [0.15, 0.2) is 0 Å². The van der Waals surface area contributed by atoms with E-state index in [1.807, 2.05) is 50.2 Å². The lowest BCUT2D eigenvalue weighted by atomic mass is 10.1. The number of carbonyl (C=O) groups is 2. The highest BCUT2D eigenvalue weighted by molar-refractivity contribution is 7.92. The summed E-state index contributed by atoms with van der Waals surface area (Å²) in [6, 6.07) is 20.4. The van der Waals surface area contributed by atoms with E-state index in [1.54, 1.807) is 31.2 Å². The van der Waals surface area contributed by atoms with Crippen LogP contribution in [0.5, 0.6) is 5.75 Å². The molecule has 0 unspecified atom stereocenters. The van der Waals surface area contributed by atoms with Gasteiger partial charge in [0.25, 0.3) is 10.0 Å². The molecule has 1 aliphatic rings. The van der Waals surface area contributed by atoms with Crippen LogP contribution in [0.15, 0.2) is 77.7 Å². The number of aryl methyl sites for hydroxylation is 2. The van der Waals surface area contributed by atoms with Gasteiger partial charge < -0.3 is 15.0 Å². The molecule has 218 valence electrons. The molecule has 1 fully saturated rings. The van der Waals surface area contributed by atoms with Gasteiger partial charge in [0.2, 0.25) is 11.8 Å². The molecule has 3 aromatic carbocycles. The van der Waals surface area contributed by atoms with Crippen molar-refractivity contribution in [3.8, 4) is 5.75 Å². The Labute approximate surface area is 243 Å². The maximum Gasteiger partial charge on any atom is 0.264 e. The number of hydrogen-bond donors (Lipinski definition) is 1. The minimum atomic E-state index is -4.18. The molecular formula is C32H39N3O5S. The lowest BCUT2D eigenvalue weighted by molar-refractivity contribution is -0.139. The normalized spacial score (nSPS) is 14.3. The molecule has 1 N–H and O–H groups in total. The quantitative estimate of drug-likeness (QED) is 0.347. The summed E-state index contributed by atoms with van der Waals surface area (Å²) in [4.78, 5) is 29.0. The molecule has 2 amide bonds. The zero-order valence-corrected chi connectivity index (χ0v) is 25.0. The number of amides is 2. The molecule has 0 spiro atoms. The fourth-order valence-corrected chi connectivity index (χ4v) is 6.52. The number of hydrogen-bond acceptors (Lipinski definition) is 5. The number of carbonyl (C=O) groups excluding carboxylic acids is 2. The molecule has 1 atom stereocenters. The zero-order chi connectivity index (χ0) is 29.6. The Bertz CT molecular complexity index is 1450. The fourth-order valence-electron chi connectivity index (χ4n) is 5.10. The van der Waals surface area contributed by atoms with Crippen LogP contribution in [0.4, 0.5) is 5.69 Å². The molecule has 1 saturated carbocycles. The Kier molecular flexibility index (Phi) is 9.70. The first-order valence-electron chi connectivity index (χ1n) is 14.0. The molecule has 8 nitrogen and oxygen atoms in total. The van der Waals surface area contributed by atoms with E-state index in [9.17, 15) is 18.0 Å². The summed E-state index contributed by atoms with van der Waals surface area (Å²) >= 11 is 0. The van der Waals surface area contributed by atoms with Crippen LogP contribution in [-0.4, -0.2) is 50.9 Å². The Morgan fingerprint density at radius 3 is 2.22 bits per heavy atom. The fraction of sp³-hybridized carbons (Fsp3) is 0.375. The summed E-state index contributed by atoms with van der Waals surface area (Å²) in [7, 11) is -2.72. The van der Waals surface area contributed by atoms with E-state index in [-0.39, 0.29) is 29.1 Å². The second-order valence-corrected chi connectivity index (χ2v) is 12.5. The number of ether oxygens (including phenoxy) is 1. The van der Waals surface area contributed by atoms with E-state index in [4.69, 9.17) is 4.74 Å². The van der Waals surface area contributed by atoms with Crippen molar-refractivity contribution in [3.63, 3.8) is 0 Å². The van der Waals surface area contributed by atoms with Crippen molar-refractivity contribution >= 4 is 27.5 Å². The second-order valence-electron chi connectivity index (χ2n) is 10.7. The lowest BCUT2D eigenvalue weighted by Crippen LogP contribution is -2.52. The van der Waals surface area contributed by atoms with Gasteiger partial charge in [-0.1, -0.05) is 66.9 Å². The van der Waals surface area contributed by atoms with Gasteiger partial charge in [-0.3, -0.25) is 13.9 Å². The Hall–Kier alpha value is -3.85. The molecule has 0 bridgehead atoms. The van der Waals surface area contributed by atoms with Crippen LogP contribution in [0.1, 0.15) is 49.3 Å². The van der Waals surface area contributed by atoms with Crippen molar-refractivity contribution in [2.75, 3.05) is 18.0 Å². The van der Waals surface area contributed by atoms with Crippen LogP contribution in [0, 0.1) is 13.8 Å². The third kappa shape index (κ3) is 7.27. The summed E-state index contributed by atoms with van der Waals surface area (Å²) in [6.45, 7) is 5.06. The Balaban J connectivity index is 1.73. The average molecular weight is 578 g/mol. The average Bonchev–Trinajstić information content (AvgIpc) is 3.48. The molecule has 0 saturated heterocycles. The van der Waals surface area contributed by atoms with Gasteiger partial charge in [0.1, 0.15) is 18.3 Å². The summed E-state index contributed by atoms with van der Waals surface area (Å²) < 4.78 is 34.8. The third-order valence-electron chi connectivity index (χ3n) is 7.56. The minimum absolute atomic E-state index is 0.0566. The number of benzene rings is 3. The third-order valence-corrected chi connectivity index (χ3v) is 9.33. The monoisotopic (exact) mass is 577 g/mol. The first-order chi connectivity index (χ1) is 19.6. The van der Waals surface area contributed by atoms with Crippen molar-refractivity contribution < 1.29 is 22.7 Å². The predicted octanol–water partition coefficient (Wildman–Crippen LogP) is 4.98. The van der Waals surface area contributed by atoms with Crippen molar-refractivity contribution in [3.05, 3.63) is 89.5 Å². The van der Waals surface area contributed by atoms with Crippen LogP contribution < -0.4 is 14.4 Å². The standard InChI is InChI=1S/C32H39N3O5S/c1-23-14-17-28(18-15-23)41(38,39)35(29-20-24(2)16-19-30(29)40-4)22-31(36)34(21-26-10-6-5-7-11-26)25(3)32(37)33-27-12-8-9-13-27/h5-7,10-11,14-20,25,27H,8-9,12-13,21-22H2,1-4H3,(H,33,37)/t25-/m1/s1. The first-order valence-corrected chi connectivity index (χ1v) is 15.4. The van der Waals surface area contributed by atoms with Crippen molar-refractivity contribution in [1.29, 1.82) is 0 Å². The van der Waals surface area contributed by atoms with E-state index in [1.165, 1.54) is 24.1 Å². The number of anilines is 1. The summed E-state index contributed by atoms with van der Waals surface area (Å²) in [5.41, 5.74) is 2.81. The van der Waals surface area contributed by atoms with Gasteiger partial charge in [-0.15, -0.1) is 0 Å². The van der Waals surface area contributed by atoms with Gasteiger partial charge in [-0.25, -0.2) is 8.42 Å². The molecule has 1 aliphatic carbocycles. The number of sulfonamides is 1. The molecule has 41 heavy (non-hydrogen) atoms. The smallest absolute Gasteiger partial charge is 0.264 e. The molecule has 0 radical (unpaired) electrons. The maximum atomic E-state index is 14.1. The number of methoxy groups -OCH3 is 1. The predicted molar refractivity (Wildman–Crippen MR) is 160 cm³/mol. The van der Waals surface area contributed by atoms with E-state index in [2.05, 4.69) is 5.32 Å². The topological polar surface area (TPSA) is 96.0 Å². The van der Waals surface area contributed by atoms with Gasteiger partial charge >= 0.3 is 0 Å². The Morgan fingerprint density at radius 2 is 1.59 bits per heavy atom. The minimum Gasteiger partial charge on any atom is -0.495 e. The number of nitrogens with one attached hydrogen (secondary N) is 1. The van der Waals surface area contributed by atoms with Crippen LogP contribution >= 0.6 is 0 Å². The van der Waals surface area contributed by atoms with Crippen LogP contribution in [0.25, 0.3) is 0 Å². The van der Waals surface area contributed by atoms with Crippen LogP contribution in [0.2, 0.25) is 0 Å². The SMILES string of the molecule is COc1ccc(C)cc1N(CC(=O)N(Cc1ccccc1)[C@H](C)C(=O)NC1CCCC1)S(=O)(=O)c1ccc(C)cc1. The maximum absolute atomic E-state index is 14.1. The van der Waals surface area contributed by atoms with Crippen molar-refractivity contribution in [2.24, 2.45) is 0 Å². The van der Waals surface area contributed by atoms with Crippen molar-refractivity contribution in [2.45, 2.75) is 70.0 Å². The van der Waals surface area contributed by atoms with Gasteiger partial charge in [0.05, 0.1) is 17.7 Å². The summed E-state index contributed by atoms with van der Waals surface area (Å²) in [5.74, 6) is -0.426. The van der Waals surface area contributed by atoms with E-state index < -0.39 is 28.5 Å². The van der Waals surface area contributed by atoms with E-state index in [0.29, 0.717) is 5.75 Å². The Morgan fingerprint density at radius 1 is 0.951 bits per heavy atom. The molecule has 4 rings (SSSR count). The number of nitrogens with zero attached hydrogens (tertiary/aromatic N) is 2. The molecular weight excluding hydrogens is 538 g/mol. The lowest BCUT2D eigenvalue weighted by Gasteiger charge is -2.33. The van der Waals surface area contributed by atoms with E-state index in [0.717, 1.165) is 46.7 Å². The molecule has 0 aromatic heterocycles.